The zero-order chi connectivity index (χ0) is 17.2. The highest BCUT2D eigenvalue weighted by Crippen LogP contribution is 2.36. The number of rotatable bonds is 3. The Hall–Kier alpha value is -1.88. The van der Waals surface area contributed by atoms with E-state index in [4.69, 9.17) is 5.11 Å². The van der Waals surface area contributed by atoms with Crippen molar-refractivity contribution in [1.82, 2.24) is 9.80 Å². The number of likely N-dealkylation sites (N-methyl/N-ethyl adjacent to an activating group) is 1. The van der Waals surface area contributed by atoms with E-state index in [0.717, 1.165) is 38.0 Å². The molecule has 1 saturated carbocycles. The lowest BCUT2D eigenvalue weighted by Gasteiger charge is -2.52. The van der Waals surface area contributed by atoms with Crippen LogP contribution < -0.4 is 0 Å². The summed E-state index contributed by atoms with van der Waals surface area (Å²) in [5.74, 6) is -0.763. The van der Waals surface area contributed by atoms with Gasteiger partial charge < -0.3 is 14.9 Å². The molecule has 1 aliphatic heterocycles. The minimum atomic E-state index is -0.937. The summed E-state index contributed by atoms with van der Waals surface area (Å²) >= 11 is 0. The summed E-state index contributed by atoms with van der Waals surface area (Å²) in [6.45, 7) is 2.69. The molecule has 1 amide bonds. The third-order valence-electron chi connectivity index (χ3n) is 5.48. The van der Waals surface area contributed by atoms with E-state index in [1.165, 1.54) is 19.3 Å². The second-order valence-electron chi connectivity index (χ2n) is 7.25. The number of benzene rings is 1. The molecular formula is C19H26N2O3. The van der Waals surface area contributed by atoms with Crippen LogP contribution in [-0.4, -0.2) is 59.0 Å². The van der Waals surface area contributed by atoms with E-state index in [2.05, 4.69) is 16.8 Å². The van der Waals surface area contributed by atoms with Gasteiger partial charge in [0, 0.05) is 19.6 Å². The Balaban J connectivity index is 1.73. The average Bonchev–Trinajstić information content (AvgIpc) is 2.56. The molecule has 0 unspecified atom stereocenters. The van der Waals surface area contributed by atoms with Crippen molar-refractivity contribution in [1.29, 1.82) is 0 Å². The van der Waals surface area contributed by atoms with Crippen molar-refractivity contribution in [2.24, 2.45) is 0 Å². The van der Waals surface area contributed by atoms with Gasteiger partial charge in [-0.05, 0) is 37.6 Å². The van der Waals surface area contributed by atoms with Gasteiger partial charge in [-0.3, -0.25) is 4.79 Å². The number of nitrogens with zero attached hydrogens (tertiary/aromatic N) is 2. The van der Waals surface area contributed by atoms with Crippen molar-refractivity contribution in [2.75, 3.05) is 26.7 Å². The van der Waals surface area contributed by atoms with Crippen LogP contribution in [0.25, 0.3) is 0 Å². The fraction of sp³-hybridized carbons (Fsp3) is 0.579. The molecule has 0 bridgehead atoms. The van der Waals surface area contributed by atoms with Crippen LogP contribution in [0.3, 0.4) is 0 Å². The molecule has 1 aromatic carbocycles. The lowest BCUT2D eigenvalue weighted by molar-refractivity contribution is -0.143. The maximum atomic E-state index is 13.0. The number of carboxylic acids is 1. The van der Waals surface area contributed by atoms with E-state index >= 15 is 0 Å². The Morgan fingerprint density at radius 1 is 1.08 bits per heavy atom. The van der Waals surface area contributed by atoms with E-state index in [1.54, 1.807) is 24.3 Å². The van der Waals surface area contributed by atoms with Crippen LogP contribution >= 0.6 is 0 Å². The first kappa shape index (κ1) is 17.0. The first-order valence-corrected chi connectivity index (χ1v) is 8.81. The molecule has 1 spiro atoms. The SMILES string of the molecule is CN1CCN(C(=O)Cc2ccc(C(=O)O)cc2)C2(CCCCC2)C1. The van der Waals surface area contributed by atoms with Crippen LogP contribution in [0.5, 0.6) is 0 Å². The summed E-state index contributed by atoms with van der Waals surface area (Å²) in [7, 11) is 2.14. The van der Waals surface area contributed by atoms with Crippen molar-refractivity contribution in [3.8, 4) is 0 Å². The van der Waals surface area contributed by atoms with E-state index in [0.29, 0.717) is 6.42 Å². The third kappa shape index (κ3) is 3.46. The zero-order valence-electron chi connectivity index (χ0n) is 14.3. The fourth-order valence-corrected chi connectivity index (χ4v) is 4.24. The van der Waals surface area contributed by atoms with Crippen molar-refractivity contribution in [3.05, 3.63) is 35.4 Å². The summed E-state index contributed by atoms with van der Waals surface area (Å²) < 4.78 is 0. The molecule has 1 heterocycles. The van der Waals surface area contributed by atoms with Gasteiger partial charge in [0.25, 0.3) is 0 Å². The molecule has 0 aromatic heterocycles. The number of amides is 1. The Labute approximate surface area is 143 Å². The van der Waals surface area contributed by atoms with Gasteiger partial charge in [0.15, 0.2) is 0 Å². The lowest BCUT2D eigenvalue weighted by Crippen LogP contribution is -2.64. The summed E-state index contributed by atoms with van der Waals surface area (Å²) in [6.07, 6.45) is 6.22. The van der Waals surface area contributed by atoms with Crippen molar-refractivity contribution in [2.45, 2.75) is 44.1 Å². The molecule has 24 heavy (non-hydrogen) atoms. The fourth-order valence-electron chi connectivity index (χ4n) is 4.24. The summed E-state index contributed by atoms with van der Waals surface area (Å²) in [5.41, 5.74) is 1.15. The van der Waals surface area contributed by atoms with Crippen LogP contribution in [0.4, 0.5) is 0 Å². The first-order chi connectivity index (χ1) is 11.5. The Bertz CT molecular complexity index is 606. The van der Waals surface area contributed by atoms with Gasteiger partial charge in [0.1, 0.15) is 0 Å². The minimum Gasteiger partial charge on any atom is -0.478 e. The monoisotopic (exact) mass is 330 g/mol. The smallest absolute Gasteiger partial charge is 0.335 e. The van der Waals surface area contributed by atoms with Gasteiger partial charge in [-0.15, -0.1) is 0 Å². The molecule has 0 radical (unpaired) electrons. The number of aromatic carboxylic acids is 1. The molecular weight excluding hydrogens is 304 g/mol. The highest BCUT2D eigenvalue weighted by atomic mass is 16.4. The predicted octanol–water partition coefficient (Wildman–Crippen LogP) is 2.40. The van der Waals surface area contributed by atoms with E-state index < -0.39 is 5.97 Å². The predicted molar refractivity (Wildman–Crippen MR) is 92.1 cm³/mol. The van der Waals surface area contributed by atoms with Crippen molar-refractivity contribution in [3.63, 3.8) is 0 Å². The van der Waals surface area contributed by atoms with Gasteiger partial charge in [0.2, 0.25) is 5.91 Å². The maximum Gasteiger partial charge on any atom is 0.335 e. The maximum absolute atomic E-state index is 13.0. The Morgan fingerprint density at radius 3 is 2.38 bits per heavy atom. The number of carboxylic acid groups (broad SMARTS) is 1. The molecule has 1 aliphatic carbocycles. The second kappa shape index (κ2) is 6.93. The molecule has 3 rings (SSSR count). The van der Waals surface area contributed by atoms with Crippen molar-refractivity contribution < 1.29 is 14.7 Å². The van der Waals surface area contributed by atoms with Gasteiger partial charge in [0.05, 0.1) is 17.5 Å². The Kier molecular flexibility index (Phi) is 4.90. The number of hydrogen-bond donors (Lipinski definition) is 1. The second-order valence-corrected chi connectivity index (χ2v) is 7.25. The van der Waals surface area contributed by atoms with Crippen LogP contribution in [0, 0.1) is 0 Å². The molecule has 5 heteroatoms. The molecule has 1 N–H and O–H groups in total. The average molecular weight is 330 g/mol. The zero-order valence-corrected chi connectivity index (χ0v) is 14.3. The number of carbonyl (C=O) groups excluding carboxylic acids is 1. The summed E-state index contributed by atoms with van der Waals surface area (Å²) in [6, 6.07) is 6.66. The number of carbonyl (C=O) groups is 2. The summed E-state index contributed by atoms with van der Waals surface area (Å²) in [4.78, 5) is 28.4. The molecule has 5 nitrogen and oxygen atoms in total. The molecule has 2 fully saturated rings. The highest BCUT2D eigenvalue weighted by molar-refractivity contribution is 5.87. The van der Waals surface area contributed by atoms with Crippen molar-refractivity contribution >= 4 is 11.9 Å². The highest BCUT2D eigenvalue weighted by Gasteiger charge is 2.43. The van der Waals surface area contributed by atoms with E-state index in [9.17, 15) is 9.59 Å². The van der Waals surface area contributed by atoms with E-state index in [1.807, 2.05) is 0 Å². The third-order valence-corrected chi connectivity index (χ3v) is 5.48. The number of hydrogen-bond acceptors (Lipinski definition) is 3. The molecule has 130 valence electrons. The van der Waals surface area contributed by atoms with Gasteiger partial charge in [-0.1, -0.05) is 31.4 Å². The standard InChI is InChI=1S/C19H26N2O3/c1-20-11-12-21(19(14-20)9-3-2-4-10-19)17(22)13-15-5-7-16(8-6-15)18(23)24/h5-8H,2-4,9-14H2,1H3,(H,23,24). The molecule has 0 atom stereocenters. The van der Waals surface area contributed by atoms with Crippen LogP contribution in [0.15, 0.2) is 24.3 Å². The summed E-state index contributed by atoms with van der Waals surface area (Å²) in [5, 5.41) is 8.97. The van der Waals surface area contributed by atoms with Crippen LogP contribution in [0.1, 0.15) is 48.0 Å². The Morgan fingerprint density at radius 2 is 1.75 bits per heavy atom. The van der Waals surface area contributed by atoms with Crippen LogP contribution in [-0.2, 0) is 11.2 Å². The molecule has 2 aliphatic rings. The van der Waals surface area contributed by atoms with Gasteiger partial charge in [-0.25, -0.2) is 4.79 Å². The first-order valence-electron chi connectivity index (χ1n) is 8.81. The van der Waals surface area contributed by atoms with Crippen LogP contribution in [0.2, 0.25) is 0 Å². The number of piperazine rings is 1. The topological polar surface area (TPSA) is 60.9 Å². The van der Waals surface area contributed by atoms with Gasteiger partial charge in [-0.2, -0.15) is 0 Å². The lowest BCUT2D eigenvalue weighted by atomic mass is 9.78. The normalized spacial score (nSPS) is 21.0. The quantitative estimate of drug-likeness (QED) is 0.924. The van der Waals surface area contributed by atoms with E-state index in [-0.39, 0.29) is 17.0 Å². The largest absolute Gasteiger partial charge is 0.478 e. The molecule has 1 saturated heterocycles. The molecule has 1 aromatic rings. The van der Waals surface area contributed by atoms with Gasteiger partial charge >= 0.3 is 5.97 Å². The minimum absolute atomic E-state index is 0.00331.